The molecule has 0 saturated heterocycles. The molecule has 5 nitrogen and oxygen atoms in total. The van der Waals surface area contributed by atoms with Crippen molar-refractivity contribution in [3.63, 3.8) is 0 Å². The van der Waals surface area contributed by atoms with Crippen LogP contribution in [0.1, 0.15) is 132 Å². The first-order chi connectivity index (χ1) is 27.5. The minimum Gasteiger partial charge on any atom is -0.507 e. The average molecular weight is 797 g/mol. The van der Waals surface area contributed by atoms with Crippen LogP contribution in [-0.2, 0) is 23.8 Å². The van der Waals surface area contributed by atoms with Crippen molar-refractivity contribution < 1.29 is 5.11 Å². The lowest BCUT2D eigenvalue weighted by atomic mass is 9.79. The van der Waals surface area contributed by atoms with E-state index in [1.165, 1.54) is 17.5 Å². The van der Waals surface area contributed by atoms with Crippen molar-refractivity contribution >= 4 is 28.4 Å². The van der Waals surface area contributed by atoms with E-state index >= 15 is 0 Å². The number of nitrogens with zero attached hydrogens (tertiary/aromatic N) is 1. The fraction of sp³-hybridized carbons (Fsp3) is 0.444. The third-order valence-electron chi connectivity index (χ3n) is 10.8. The van der Waals surface area contributed by atoms with Gasteiger partial charge in [-0.2, -0.15) is 0 Å². The van der Waals surface area contributed by atoms with Gasteiger partial charge in [0.1, 0.15) is 5.75 Å². The number of phenolic OH excluding ortho intramolecular Hbond substituents is 1. The van der Waals surface area contributed by atoms with Crippen LogP contribution in [0.4, 0.5) is 28.4 Å². The fourth-order valence-electron chi connectivity index (χ4n) is 7.86. The summed E-state index contributed by atoms with van der Waals surface area (Å²) in [7, 11) is 0. The highest BCUT2D eigenvalue weighted by Crippen LogP contribution is 2.39. The fourth-order valence-corrected chi connectivity index (χ4v) is 7.86. The van der Waals surface area contributed by atoms with E-state index in [0.29, 0.717) is 29.5 Å². The van der Waals surface area contributed by atoms with E-state index in [4.69, 9.17) is 0 Å². The third kappa shape index (κ3) is 14.7. The van der Waals surface area contributed by atoms with Crippen LogP contribution in [0, 0.1) is 17.3 Å². The van der Waals surface area contributed by atoms with E-state index in [1.54, 1.807) is 0 Å². The second kappa shape index (κ2) is 19.9. The lowest BCUT2D eigenvalue weighted by Crippen LogP contribution is -2.32. The van der Waals surface area contributed by atoms with Crippen molar-refractivity contribution in [2.75, 3.05) is 16.0 Å². The molecule has 4 aromatic carbocycles. The molecule has 4 aromatic rings. The molecule has 318 valence electrons. The highest BCUT2D eigenvalue weighted by Gasteiger charge is 2.27. The molecule has 2 atom stereocenters. The summed E-state index contributed by atoms with van der Waals surface area (Å²) in [5.74, 6) is 1.58. The SMILES string of the molecule is C=C(/C=C\C(=C/C)Nc1ccc(Nc2ccc(Nc3ccc(CC(C)CC(C)(C)C)cc3)cc2)cc1)N(Cc1cc(C(C)(C)C)cc(C(C)(C)C)c1O)C(C)CC(C)C. The predicted octanol–water partition coefficient (Wildman–Crippen LogP) is 15.4. The van der Waals surface area contributed by atoms with E-state index in [0.717, 1.165) is 63.8 Å². The second-order valence-corrected chi connectivity index (χ2v) is 20.5. The van der Waals surface area contributed by atoms with Crippen molar-refractivity contribution in [3.8, 4) is 5.75 Å². The lowest BCUT2D eigenvalue weighted by Gasteiger charge is -2.35. The van der Waals surface area contributed by atoms with Gasteiger partial charge in [0, 0.05) is 58.0 Å². The average Bonchev–Trinajstić information content (AvgIpc) is 3.13. The summed E-state index contributed by atoms with van der Waals surface area (Å²) in [5, 5.41) is 22.3. The summed E-state index contributed by atoms with van der Waals surface area (Å²) in [6.45, 7) is 36.5. The number of rotatable bonds is 17. The Morgan fingerprint density at radius 1 is 0.695 bits per heavy atom. The van der Waals surface area contributed by atoms with Gasteiger partial charge in [0.25, 0.3) is 0 Å². The van der Waals surface area contributed by atoms with Crippen LogP contribution in [0.25, 0.3) is 0 Å². The maximum Gasteiger partial charge on any atom is 0.124 e. The molecule has 0 heterocycles. The van der Waals surface area contributed by atoms with Gasteiger partial charge in [0.05, 0.1) is 0 Å². The van der Waals surface area contributed by atoms with Gasteiger partial charge >= 0.3 is 0 Å². The summed E-state index contributed by atoms with van der Waals surface area (Å²) in [6, 6.07) is 30.2. The zero-order valence-electron chi connectivity index (χ0n) is 39.0. The molecular weight excluding hydrogens is 721 g/mol. The molecule has 0 spiro atoms. The van der Waals surface area contributed by atoms with Crippen LogP contribution in [0.2, 0.25) is 0 Å². The number of nitrogens with one attached hydrogen (secondary N) is 3. The number of aromatic hydroxyl groups is 1. The number of allylic oxidation sites excluding steroid dienone is 3. The zero-order chi connectivity index (χ0) is 43.7. The Bertz CT molecular complexity index is 2020. The van der Waals surface area contributed by atoms with Crippen LogP contribution in [0.3, 0.4) is 0 Å². The summed E-state index contributed by atoms with van der Waals surface area (Å²) in [4.78, 5) is 2.34. The molecule has 0 aliphatic rings. The largest absolute Gasteiger partial charge is 0.507 e. The van der Waals surface area contributed by atoms with Crippen molar-refractivity contribution in [1.82, 2.24) is 4.90 Å². The first kappa shape index (κ1) is 46.8. The smallest absolute Gasteiger partial charge is 0.124 e. The molecule has 0 amide bonds. The molecule has 5 heteroatoms. The molecule has 0 aromatic heterocycles. The highest BCUT2D eigenvalue weighted by atomic mass is 16.3. The molecule has 0 radical (unpaired) electrons. The topological polar surface area (TPSA) is 59.6 Å². The number of hydrogen-bond donors (Lipinski definition) is 4. The molecule has 4 rings (SSSR count). The van der Waals surface area contributed by atoms with Crippen molar-refractivity contribution in [2.45, 2.75) is 140 Å². The van der Waals surface area contributed by atoms with E-state index < -0.39 is 0 Å². The van der Waals surface area contributed by atoms with E-state index in [2.05, 4.69) is 221 Å². The standard InChI is InChI=1S/C54H76N4O/c1-16-44(20-17-39(5)58(40(6)31-37(2)3)36-42-33-43(53(10,11)12)34-50(51(42)59)54(13,14)15)55-46-23-25-48(26-24-46)57-49-29-27-47(28-30-49)56-45-21-18-41(19-22-45)32-38(4)35-52(7,8)9/h16-30,33-34,37-38,40,55-57,59H,5,31-32,35-36H2,1-4,6-15H3/b20-17-,44-16+. The minimum atomic E-state index is -0.186. The number of phenols is 1. The summed E-state index contributed by atoms with van der Waals surface area (Å²) in [6.07, 6.45) is 9.60. The van der Waals surface area contributed by atoms with Crippen molar-refractivity contribution in [2.24, 2.45) is 17.3 Å². The quantitative estimate of drug-likeness (QED) is 0.0802. The van der Waals surface area contributed by atoms with Crippen LogP contribution in [0.5, 0.6) is 5.75 Å². The van der Waals surface area contributed by atoms with Gasteiger partial charge in [0.15, 0.2) is 0 Å². The third-order valence-corrected chi connectivity index (χ3v) is 10.8. The maximum absolute atomic E-state index is 11.6. The summed E-state index contributed by atoms with van der Waals surface area (Å²) >= 11 is 0. The Balaban J connectivity index is 1.39. The Morgan fingerprint density at radius 2 is 1.19 bits per heavy atom. The van der Waals surface area contributed by atoms with Gasteiger partial charge in [-0.25, -0.2) is 0 Å². The maximum atomic E-state index is 11.6. The van der Waals surface area contributed by atoms with Crippen molar-refractivity contribution in [3.05, 3.63) is 143 Å². The van der Waals surface area contributed by atoms with Crippen LogP contribution in [-0.4, -0.2) is 16.0 Å². The van der Waals surface area contributed by atoms with Crippen LogP contribution >= 0.6 is 0 Å². The molecule has 0 fully saturated rings. The van der Waals surface area contributed by atoms with Gasteiger partial charge in [-0.1, -0.05) is 114 Å². The van der Waals surface area contributed by atoms with Gasteiger partial charge in [-0.3, -0.25) is 0 Å². The Labute approximate surface area is 359 Å². The summed E-state index contributed by atoms with van der Waals surface area (Å²) < 4.78 is 0. The molecule has 0 aliphatic carbocycles. The first-order valence-corrected chi connectivity index (χ1v) is 21.8. The predicted molar refractivity (Wildman–Crippen MR) is 258 cm³/mol. The first-order valence-electron chi connectivity index (χ1n) is 21.8. The van der Waals surface area contributed by atoms with Crippen molar-refractivity contribution in [1.29, 1.82) is 0 Å². The number of anilines is 5. The van der Waals surface area contributed by atoms with Gasteiger partial charge in [-0.05, 0) is 157 Å². The van der Waals surface area contributed by atoms with Gasteiger partial charge in [-0.15, -0.1) is 0 Å². The highest BCUT2D eigenvalue weighted by molar-refractivity contribution is 5.67. The zero-order valence-corrected chi connectivity index (χ0v) is 39.0. The molecule has 2 unspecified atom stereocenters. The van der Waals surface area contributed by atoms with E-state index in [1.807, 2.05) is 6.92 Å². The van der Waals surface area contributed by atoms with Crippen LogP contribution in [0.15, 0.2) is 121 Å². The monoisotopic (exact) mass is 797 g/mol. The number of hydrogen-bond acceptors (Lipinski definition) is 5. The van der Waals surface area contributed by atoms with Gasteiger partial charge < -0.3 is 26.0 Å². The normalized spacial score (nSPS) is 13.7. The van der Waals surface area contributed by atoms with E-state index in [9.17, 15) is 5.11 Å². The minimum absolute atomic E-state index is 0.0449. The summed E-state index contributed by atoms with van der Waals surface area (Å²) in [5.41, 5.74) is 11.7. The molecular formula is C54H76N4O. The molecule has 0 bridgehead atoms. The molecule has 4 N–H and O–H groups in total. The lowest BCUT2D eigenvalue weighted by molar-refractivity contribution is 0.234. The van der Waals surface area contributed by atoms with E-state index in [-0.39, 0.29) is 16.9 Å². The number of benzene rings is 4. The Kier molecular flexibility index (Phi) is 15.8. The van der Waals surface area contributed by atoms with Gasteiger partial charge in [0.2, 0.25) is 0 Å². The van der Waals surface area contributed by atoms with Crippen LogP contribution < -0.4 is 16.0 Å². The molecule has 0 aliphatic heterocycles. The molecule has 59 heavy (non-hydrogen) atoms. The molecule has 0 saturated carbocycles. The Hall–Kier alpha value is -4.90. The second-order valence-electron chi connectivity index (χ2n) is 20.5. The Morgan fingerprint density at radius 3 is 1.63 bits per heavy atom.